The Kier molecular flexibility index (Phi) is 4.14. The summed E-state index contributed by atoms with van der Waals surface area (Å²) in [6.07, 6.45) is 3.96. The predicted octanol–water partition coefficient (Wildman–Crippen LogP) is 1.31. The topological polar surface area (TPSA) is 71.5 Å². The van der Waals surface area contributed by atoms with Gasteiger partial charge in [0.15, 0.2) is 0 Å². The van der Waals surface area contributed by atoms with Gasteiger partial charge in [-0.1, -0.05) is 0 Å². The number of sulfonamides is 1. The first-order chi connectivity index (χ1) is 10.1. The first-order valence-electron chi connectivity index (χ1n) is 7.38. The Morgan fingerprint density at radius 2 is 2.05 bits per heavy atom. The maximum atomic E-state index is 12.4. The Morgan fingerprint density at radius 1 is 1.33 bits per heavy atom. The highest BCUT2D eigenvalue weighted by Gasteiger charge is 2.29. The second-order valence-electron chi connectivity index (χ2n) is 5.67. The van der Waals surface area contributed by atoms with Crippen molar-refractivity contribution in [2.45, 2.75) is 30.7 Å². The van der Waals surface area contributed by atoms with Gasteiger partial charge in [-0.3, -0.25) is 0 Å². The van der Waals surface area contributed by atoms with Gasteiger partial charge in [0.2, 0.25) is 10.0 Å². The van der Waals surface area contributed by atoms with Crippen molar-refractivity contribution in [1.29, 1.82) is 0 Å². The fraction of sp³-hybridized carbons (Fsp3) is 0.643. The monoisotopic (exact) mass is 311 g/mol. The lowest BCUT2D eigenvalue weighted by Gasteiger charge is -2.26. The van der Waals surface area contributed by atoms with E-state index in [9.17, 15) is 8.42 Å². The van der Waals surface area contributed by atoms with E-state index in [2.05, 4.69) is 17.2 Å². The molecule has 0 aromatic carbocycles. The fourth-order valence-electron chi connectivity index (χ4n) is 2.50. The van der Waals surface area contributed by atoms with Gasteiger partial charge in [-0.15, -0.1) is 0 Å². The van der Waals surface area contributed by atoms with Crippen LogP contribution in [0.25, 0.3) is 0 Å². The van der Waals surface area contributed by atoms with Gasteiger partial charge in [-0.05, 0) is 37.8 Å². The average molecular weight is 311 g/mol. The molecule has 2 aliphatic rings. The number of nitrogens with one attached hydrogen (secondary N) is 1. The van der Waals surface area contributed by atoms with E-state index < -0.39 is 10.0 Å². The van der Waals surface area contributed by atoms with Crippen LogP contribution in [0, 0.1) is 5.92 Å². The quantitative estimate of drug-likeness (QED) is 0.888. The van der Waals surface area contributed by atoms with E-state index in [1.807, 2.05) is 0 Å². The molecule has 2 heterocycles. The van der Waals surface area contributed by atoms with E-state index in [-0.39, 0.29) is 4.90 Å². The average Bonchev–Trinajstić information content (AvgIpc) is 3.33. The molecule has 21 heavy (non-hydrogen) atoms. The Labute approximate surface area is 125 Å². The van der Waals surface area contributed by atoms with Crippen LogP contribution in [0.1, 0.15) is 19.8 Å². The highest BCUT2D eigenvalue weighted by molar-refractivity contribution is 7.89. The predicted molar refractivity (Wildman–Crippen MR) is 79.6 cm³/mol. The third-order valence-electron chi connectivity index (χ3n) is 4.05. The molecule has 0 radical (unpaired) electrons. The number of hydrogen-bond acceptors (Lipinski definition) is 5. The summed E-state index contributed by atoms with van der Waals surface area (Å²) in [5.41, 5.74) is 0. The third kappa shape index (κ3) is 3.36. The van der Waals surface area contributed by atoms with Crippen molar-refractivity contribution in [1.82, 2.24) is 9.29 Å². The molecule has 1 atom stereocenters. The number of aromatic nitrogens is 1. The summed E-state index contributed by atoms with van der Waals surface area (Å²) in [4.78, 5) is 4.49. The molecule has 1 saturated carbocycles. The summed E-state index contributed by atoms with van der Waals surface area (Å²) in [6.45, 7) is 3.84. The van der Waals surface area contributed by atoms with Crippen molar-refractivity contribution in [3.8, 4) is 0 Å². The molecule has 1 aromatic rings. The first kappa shape index (κ1) is 14.7. The zero-order chi connectivity index (χ0) is 14.9. The number of morpholine rings is 1. The molecule has 2 fully saturated rings. The highest BCUT2D eigenvalue weighted by Crippen LogP contribution is 2.33. The van der Waals surface area contributed by atoms with E-state index in [0.29, 0.717) is 32.3 Å². The van der Waals surface area contributed by atoms with Gasteiger partial charge < -0.3 is 10.1 Å². The van der Waals surface area contributed by atoms with Crippen LogP contribution in [-0.4, -0.2) is 50.1 Å². The van der Waals surface area contributed by atoms with Crippen LogP contribution in [0.3, 0.4) is 0 Å². The minimum Gasteiger partial charge on any atom is -0.379 e. The van der Waals surface area contributed by atoms with Crippen molar-refractivity contribution in [3.63, 3.8) is 0 Å². The molecule has 1 aliphatic carbocycles. The summed E-state index contributed by atoms with van der Waals surface area (Å²) in [7, 11) is -3.45. The van der Waals surface area contributed by atoms with Gasteiger partial charge in [0.25, 0.3) is 0 Å². The zero-order valence-electron chi connectivity index (χ0n) is 12.2. The molecule has 0 amide bonds. The maximum Gasteiger partial charge on any atom is 0.244 e. The number of nitrogens with zero attached hydrogens (tertiary/aromatic N) is 2. The molecule has 1 aromatic heterocycles. The summed E-state index contributed by atoms with van der Waals surface area (Å²) in [5, 5.41) is 3.32. The van der Waals surface area contributed by atoms with E-state index in [4.69, 9.17) is 4.74 Å². The van der Waals surface area contributed by atoms with Gasteiger partial charge >= 0.3 is 0 Å². The van der Waals surface area contributed by atoms with Crippen LogP contribution in [0.4, 0.5) is 5.82 Å². The largest absolute Gasteiger partial charge is 0.379 e. The Bertz CT molecular complexity index is 578. The third-order valence-corrected chi connectivity index (χ3v) is 5.93. The number of ether oxygens (including phenoxy) is 1. The van der Waals surface area contributed by atoms with Crippen molar-refractivity contribution in [3.05, 3.63) is 18.3 Å². The van der Waals surface area contributed by atoms with Crippen molar-refractivity contribution in [2.75, 3.05) is 31.6 Å². The summed E-state index contributed by atoms with van der Waals surface area (Å²) in [6, 6.07) is 3.76. The molecular weight excluding hydrogens is 290 g/mol. The van der Waals surface area contributed by atoms with E-state index in [0.717, 1.165) is 11.7 Å². The highest BCUT2D eigenvalue weighted by atomic mass is 32.2. The molecule has 0 unspecified atom stereocenters. The van der Waals surface area contributed by atoms with Gasteiger partial charge in [0, 0.05) is 25.3 Å². The van der Waals surface area contributed by atoms with Gasteiger partial charge in [-0.25, -0.2) is 13.4 Å². The van der Waals surface area contributed by atoms with Crippen LogP contribution >= 0.6 is 0 Å². The van der Waals surface area contributed by atoms with Crippen LogP contribution in [0.2, 0.25) is 0 Å². The van der Waals surface area contributed by atoms with Crippen LogP contribution in [0.15, 0.2) is 23.2 Å². The molecule has 7 heteroatoms. The molecule has 1 saturated heterocycles. The van der Waals surface area contributed by atoms with Crippen LogP contribution in [-0.2, 0) is 14.8 Å². The van der Waals surface area contributed by atoms with Crippen LogP contribution < -0.4 is 5.32 Å². The smallest absolute Gasteiger partial charge is 0.244 e. The number of hydrogen-bond donors (Lipinski definition) is 1. The van der Waals surface area contributed by atoms with E-state index >= 15 is 0 Å². The molecule has 0 bridgehead atoms. The molecule has 0 spiro atoms. The van der Waals surface area contributed by atoms with Crippen LogP contribution in [0.5, 0.6) is 0 Å². The first-order valence-corrected chi connectivity index (χ1v) is 8.82. The van der Waals surface area contributed by atoms with Crippen molar-refractivity contribution in [2.24, 2.45) is 5.92 Å². The molecule has 6 nitrogen and oxygen atoms in total. The SMILES string of the molecule is C[C@@H](Nc1ccc(S(=O)(=O)N2CCOCC2)cn1)C1CC1. The molecule has 1 aliphatic heterocycles. The Morgan fingerprint density at radius 3 is 2.62 bits per heavy atom. The summed E-state index contributed by atoms with van der Waals surface area (Å²) < 4.78 is 31.5. The van der Waals surface area contributed by atoms with E-state index in [1.165, 1.54) is 23.3 Å². The number of pyridine rings is 1. The lowest BCUT2D eigenvalue weighted by atomic mass is 10.2. The number of rotatable bonds is 5. The minimum atomic E-state index is -3.45. The summed E-state index contributed by atoms with van der Waals surface area (Å²) in [5.74, 6) is 1.46. The van der Waals surface area contributed by atoms with Crippen molar-refractivity contribution >= 4 is 15.8 Å². The Balaban J connectivity index is 1.70. The molecule has 1 N–H and O–H groups in total. The summed E-state index contributed by atoms with van der Waals surface area (Å²) >= 11 is 0. The zero-order valence-corrected chi connectivity index (χ0v) is 13.0. The van der Waals surface area contributed by atoms with Gasteiger partial charge in [-0.2, -0.15) is 4.31 Å². The second kappa shape index (κ2) is 5.90. The lowest BCUT2D eigenvalue weighted by Crippen LogP contribution is -2.40. The lowest BCUT2D eigenvalue weighted by molar-refractivity contribution is 0.0730. The minimum absolute atomic E-state index is 0.244. The number of anilines is 1. The fourth-order valence-corrected chi connectivity index (χ4v) is 3.86. The van der Waals surface area contributed by atoms with Gasteiger partial charge in [0.05, 0.1) is 13.2 Å². The maximum absolute atomic E-state index is 12.4. The second-order valence-corrected chi connectivity index (χ2v) is 7.60. The standard InChI is InChI=1S/C14H21N3O3S/c1-11(12-2-3-12)16-14-5-4-13(10-15-14)21(18,19)17-6-8-20-9-7-17/h4-5,10-12H,2-3,6-9H2,1H3,(H,15,16)/t11-/m1/s1. The van der Waals surface area contributed by atoms with Crippen molar-refractivity contribution < 1.29 is 13.2 Å². The molecular formula is C14H21N3O3S. The van der Waals surface area contributed by atoms with Gasteiger partial charge in [0.1, 0.15) is 10.7 Å². The van der Waals surface area contributed by atoms with E-state index in [1.54, 1.807) is 12.1 Å². The molecule has 3 rings (SSSR count). The normalized spacial score (nSPS) is 22.0. The Hall–Kier alpha value is -1.18. The molecule has 116 valence electrons.